The zero-order valence-electron chi connectivity index (χ0n) is 37.7. The molecule has 8 aromatic rings. The number of aryl methyl sites for hydroxylation is 8. The summed E-state index contributed by atoms with van der Waals surface area (Å²) in [7, 11) is 0. The average molecular weight is 813 g/mol. The molecule has 0 saturated heterocycles. The molecule has 0 N–H and O–H groups in total. The van der Waals surface area contributed by atoms with Crippen molar-refractivity contribution >= 4 is 43.6 Å². The first-order chi connectivity index (χ1) is 27.9. The van der Waals surface area contributed by atoms with Gasteiger partial charge in [-0.3, -0.25) is 0 Å². The maximum Gasteiger partial charge on any atom is 0.420 e. The van der Waals surface area contributed by atoms with Gasteiger partial charge in [-0.05, 0) is 235 Å². The second-order valence-electron chi connectivity index (χ2n) is 17.6. The van der Waals surface area contributed by atoms with Gasteiger partial charge in [0.2, 0.25) is 0 Å². The minimum atomic E-state index is -4.89. The Morgan fingerprint density at radius 2 is 0.550 bits per heavy atom. The minimum Gasteiger partial charge on any atom is -0.308 e. The van der Waals surface area contributed by atoms with E-state index in [1.165, 1.54) is 24.3 Å². The topological polar surface area (TPSA) is 9.86 Å². The smallest absolute Gasteiger partial charge is 0.308 e. The number of rotatable bonds is 3. The van der Waals surface area contributed by atoms with Crippen molar-refractivity contribution in [2.24, 2.45) is 0 Å². The molecule has 0 aliphatic heterocycles. The van der Waals surface area contributed by atoms with Gasteiger partial charge in [0.05, 0.1) is 33.4 Å². The summed E-state index contributed by atoms with van der Waals surface area (Å²) in [5.74, 6) is -1.63. The molecular formula is C53H53F5N2. The van der Waals surface area contributed by atoms with Gasteiger partial charge in [-0.25, -0.2) is 8.78 Å². The summed E-state index contributed by atoms with van der Waals surface area (Å²) in [5.41, 5.74) is 18.1. The van der Waals surface area contributed by atoms with E-state index in [-0.39, 0.29) is 22.5 Å². The summed E-state index contributed by atoms with van der Waals surface area (Å²) in [4.78, 5) is 0. The van der Waals surface area contributed by atoms with Gasteiger partial charge >= 0.3 is 6.18 Å². The molecule has 7 heteroatoms. The highest BCUT2D eigenvalue weighted by molar-refractivity contribution is 6.17. The van der Waals surface area contributed by atoms with Crippen LogP contribution in [0.5, 0.6) is 0 Å². The molecule has 0 radical (unpaired) electrons. The molecule has 0 saturated carbocycles. The first-order valence-corrected chi connectivity index (χ1v) is 20.7. The minimum absolute atomic E-state index is 0.0948. The van der Waals surface area contributed by atoms with Crippen LogP contribution in [-0.2, 0) is 6.18 Å². The molecule has 60 heavy (non-hydrogen) atoms. The number of aromatic nitrogens is 2. The third kappa shape index (κ3) is 5.42. The van der Waals surface area contributed by atoms with E-state index < -0.39 is 23.4 Å². The van der Waals surface area contributed by atoms with Crippen LogP contribution in [0.2, 0.25) is 0 Å². The first-order valence-electron chi connectivity index (χ1n) is 20.7. The number of hydrogen-bond donors (Lipinski definition) is 0. The van der Waals surface area contributed by atoms with E-state index in [0.29, 0.717) is 22.1 Å². The normalized spacial score (nSPS) is 12.4. The Morgan fingerprint density at radius 3 is 0.800 bits per heavy atom. The number of alkyl halides is 3. The van der Waals surface area contributed by atoms with Crippen LogP contribution >= 0.6 is 0 Å². The van der Waals surface area contributed by atoms with E-state index in [4.69, 9.17) is 0 Å². The SMILES string of the molecule is Cc1c(C)c(C)c2c(c1C)c1c(C)c(C)c(C)c(C)c1n2-c1cc(-c2cc(F)cc(F)c2)cc(-n2c3c(C)c(C)c(C)c(C)c3c3c(C)c(C)c(C)c(C)c32)c1C(F)(F)F. The van der Waals surface area contributed by atoms with Gasteiger partial charge in [-0.15, -0.1) is 0 Å². The van der Waals surface area contributed by atoms with Crippen molar-refractivity contribution in [1.29, 1.82) is 0 Å². The van der Waals surface area contributed by atoms with Crippen molar-refractivity contribution in [3.8, 4) is 22.5 Å². The molecule has 310 valence electrons. The summed E-state index contributed by atoms with van der Waals surface area (Å²) in [6.45, 7) is 32.6. The van der Waals surface area contributed by atoms with Crippen LogP contribution in [-0.4, -0.2) is 9.13 Å². The molecule has 0 aliphatic rings. The zero-order valence-corrected chi connectivity index (χ0v) is 37.7. The van der Waals surface area contributed by atoms with Crippen molar-refractivity contribution in [1.82, 2.24) is 9.13 Å². The number of benzene rings is 6. The Balaban J connectivity index is 1.77. The van der Waals surface area contributed by atoms with Gasteiger partial charge in [0.1, 0.15) is 17.2 Å². The van der Waals surface area contributed by atoms with Gasteiger partial charge in [0, 0.05) is 27.6 Å². The molecule has 0 aliphatic carbocycles. The molecule has 2 aromatic heterocycles. The lowest BCUT2D eigenvalue weighted by molar-refractivity contribution is -0.137. The lowest BCUT2D eigenvalue weighted by Crippen LogP contribution is -2.17. The zero-order chi connectivity index (χ0) is 44.1. The molecule has 0 atom stereocenters. The van der Waals surface area contributed by atoms with E-state index in [9.17, 15) is 0 Å². The number of fused-ring (bicyclic) bond motifs is 6. The van der Waals surface area contributed by atoms with Crippen molar-refractivity contribution in [2.45, 2.75) is 117 Å². The fourth-order valence-electron chi connectivity index (χ4n) is 10.4. The fraction of sp³-hybridized carbons (Fsp3) is 0.321. The van der Waals surface area contributed by atoms with E-state index >= 15 is 22.0 Å². The standard InChI is InChI=1S/C53H53F5N2/c1-22-26(5)34(13)49-44(30(22)9)45-31(10)23(2)27(6)35(14)50(45)59(49)42-19-39(38-17-40(54)21-41(55)18-38)20-43(48(42)53(56,57)58)60-51-36(15)28(7)24(3)32(11)46(51)47-33(12)25(4)29(8)37(16)52(47)60/h17-21H,1-16H3. The molecule has 6 aromatic carbocycles. The third-order valence-corrected chi connectivity index (χ3v) is 15.1. The van der Waals surface area contributed by atoms with Gasteiger partial charge in [0.25, 0.3) is 0 Å². The predicted molar refractivity (Wildman–Crippen MR) is 241 cm³/mol. The van der Waals surface area contributed by atoms with Crippen LogP contribution in [0.1, 0.15) is 94.6 Å². The first kappa shape index (κ1) is 41.3. The second-order valence-corrected chi connectivity index (χ2v) is 17.6. The Labute approximate surface area is 349 Å². The second kappa shape index (κ2) is 13.5. The lowest BCUT2D eigenvalue weighted by Gasteiger charge is -2.25. The molecule has 0 bridgehead atoms. The van der Waals surface area contributed by atoms with E-state index in [1.807, 2.05) is 64.5 Å². The molecule has 0 amide bonds. The van der Waals surface area contributed by atoms with E-state index in [2.05, 4.69) is 55.4 Å². The van der Waals surface area contributed by atoms with Crippen molar-refractivity contribution in [3.05, 3.63) is 137 Å². The van der Waals surface area contributed by atoms with Crippen LogP contribution in [0.4, 0.5) is 22.0 Å². The maximum absolute atomic E-state index is 16.9. The van der Waals surface area contributed by atoms with Crippen molar-refractivity contribution in [3.63, 3.8) is 0 Å². The monoisotopic (exact) mass is 812 g/mol. The summed E-state index contributed by atoms with van der Waals surface area (Å²) in [6.07, 6.45) is -4.89. The molecular weight excluding hydrogens is 760 g/mol. The van der Waals surface area contributed by atoms with Crippen LogP contribution in [0, 0.1) is 122 Å². The third-order valence-electron chi connectivity index (χ3n) is 15.1. The summed E-state index contributed by atoms with van der Waals surface area (Å²) in [5, 5.41) is 3.66. The highest BCUT2D eigenvalue weighted by atomic mass is 19.4. The Morgan fingerprint density at radius 1 is 0.317 bits per heavy atom. The molecule has 8 rings (SSSR count). The van der Waals surface area contributed by atoms with Crippen LogP contribution in [0.3, 0.4) is 0 Å². The lowest BCUT2D eigenvalue weighted by atomic mass is 9.90. The molecule has 0 spiro atoms. The van der Waals surface area contributed by atoms with Crippen molar-refractivity contribution < 1.29 is 22.0 Å². The van der Waals surface area contributed by atoms with Gasteiger partial charge < -0.3 is 9.13 Å². The quantitative estimate of drug-likeness (QED) is 0.157. The average Bonchev–Trinajstić information content (AvgIpc) is 3.74. The molecule has 2 nitrogen and oxygen atoms in total. The molecule has 0 unspecified atom stereocenters. The fourth-order valence-corrected chi connectivity index (χ4v) is 10.4. The highest BCUT2D eigenvalue weighted by Crippen LogP contribution is 2.51. The Hall–Kier alpha value is -5.43. The molecule has 0 fully saturated rings. The summed E-state index contributed by atoms with van der Waals surface area (Å²) >= 11 is 0. The van der Waals surface area contributed by atoms with Crippen LogP contribution < -0.4 is 0 Å². The number of halogens is 5. The number of nitrogens with zero attached hydrogens (tertiary/aromatic N) is 2. The Bertz CT molecular complexity index is 2900. The largest absolute Gasteiger partial charge is 0.420 e. The number of hydrogen-bond acceptors (Lipinski definition) is 0. The van der Waals surface area contributed by atoms with E-state index in [0.717, 1.165) is 117 Å². The van der Waals surface area contributed by atoms with Gasteiger partial charge in [0.15, 0.2) is 0 Å². The van der Waals surface area contributed by atoms with Crippen LogP contribution in [0.15, 0.2) is 30.3 Å². The van der Waals surface area contributed by atoms with Crippen molar-refractivity contribution in [2.75, 3.05) is 0 Å². The summed E-state index contributed by atoms with van der Waals surface area (Å²) in [6, 6.07) is 6.20. The maximum atomic E-state index is 16.9. The molecule has 2 heterocycles. The van der Waals surface area contributed by atoms with Gasteiger partial charge in [-0.2, -0.15) is 13.2 Å². The summed E-state index contributed by atoms with van der Waals surface area (Å²) < 4.78 is 84.9. The van der Waals surface area contributed by atoms with E-state index in [1.54, 1.807) is 0 Å². The van der Waals surface area contributed by atoms with Crippen LogP contribution in [0.25, 0.3) is 66.1 Å². The Kier molecular flexibility index (Phi) is 9.32. The highest BCUT2D eigenvalue weighted by Gasteiger charge is 2.41. The predicted octanol–water partition coefficient (Wildman–Crippen LogP) is 15.8. The van der Waals surface area contributed by atoms with Gasteiger partial charge in [-0.1, -0.05) is 0 Å².